The van der Waals surface area contributed by atoms with Crippen LogP contribution < -0.4 is 0 Å². The Bertz CT molecular complexity index is 891. The van der Waals surface area contributed by atoms with Gasteiger partial charge in [-0.3, -0.25) is 14.3 Å². The van der Waals surface area contributed by atoms with E-state index in [-0.39, 0.29) is 18.3 Å². The summed E-state index contributed by atoms with van der Waals surface area (Å²) >= 11 is 0. The Kier molecular flexibility index (Phi) is 4.24. The van der Waals surface area contributed by atoms with Crippen LogP contribution in [0.5, 0.6) is 0 Å². The summed E-state index contributed by atoms with van der Waals surface area (Å²) in [6, 6.07) is 9.05. The molecule has 3 rings (SSSR count). The van der Waals surface area contributed by atoms with E-state index < -0.39 is 6.55 Å². The van der Waals surface area contributed by atoms with Crippen molar-refractivity contribution in [3.63, 3.8) is 0 Å². The van der Waals surface area contributed by atoms with Crippen LogP contribution in [-0.4, -0.2) is 32.4 Å². The van der Waals surface area contributed by atoms with Gasteiger partial charge in [0.2, 0.25) is 0 Å². The highest BCUT2D eigenvalue weighted by Gasteiger charge is 2.19. The standard InChI is InChI=1S/C17H16F2N4O/c1-11-9-13(12-5-3-4-6-14(12)21-11)16(24)22(2)10-15-20-7-8-23(15)17(18)19/h3-9,17H,10H2,1-2H3. The van der Waals surface area contributed by atoms with Gasteiger partial charge in [-0.2, -0.15) is 8.78 Å². The molecule has 0 fully saturated rings. The topological polar surface area (TPSA) is 51.0 Å². The lowest BCUT2D eigenvalue weighted by atomic mass is 10.1. The van der Waals surface area contributed by atoms with Crippen molar-refractivity contribution in [3.8, 4) is 0 Å². The predicted molar refractivity (Wildman–Crippen MR) is 85.8 cm³/mol. The molecule has 0 N–H and O–H groups in total. The Morgan fingerprint density at radius 1 is 1.33 bits per heavy atom. The van der Waals surface area contributed by atoms with Crippen molar-refractivity contribution in [2.45, 2.75) is 20.0 Å². The summed E-state index contributed by atoms with van der Waals surface area (Å²) in [4.78, 5) is 22.5. The number of nitrogens with zero attached hydrogens (tertiary/aromatic N) is 4. The lowest BCUT2D eigenvalue weighted by Gasteiger charge is -2.19. The number of aryl methyl sites for hydroxylation is 1. The summed E-state index contributed by atoms with van der Waals surface area (Å²) in [5, 5.41) is 0.733. The molecule has 0 radical (unpaired) electrons. The van der Waals surface area contributed by atoms with E-state index in [1.165, 1.54) is 17.3 Å². The zero-order valence-electron chi connectivity index (χ0n) is 13.3. The molecule has 0 aliphatic carbocycles. The molecule has 124 valence electrons. The van der Waals surface area contributed by atoms with Gasteiger partial charge >= 0.3 is 6.55 Å². The van der Waals surface area contributed by atoms with Crippen molar-refractivity contribution in [1.82, 2.24) is 19.4 Å². The highest BCUT2D eigenvalue weighted by atomic mass is 19.3. The van der Waals surface area contributed by atoms with E-state index in [4.69, 9.17) is 0 Å². The maximum Gasteiger partial charge on any atom is 0.319 e. The van der Waals surface area contributed by atoms with Crippen LogP contribution in [0, 0.1) is 6.92 Å². The maximum absolute atomic E-state index is 12.9. The van der Waals surface area contributed by atoms with E-state index >= 15 is 0 Å². The number of hydrogen-bond acceptors (Lipinski definition) is 3. The van der Waals surface area contributed by atoms with Gasteiger partial charge in [0.1, 0.15) is 5.82 Å². The molecule has 0 saturated carbocycles. The Labute approximate surface area is 137 Å². The first kappa shape index (κ1) is 16.0. The molecule has 0 bridgehead atoms. The molecule has 0 unspecified atom stereocenters. The van der Waals surface area contributed by atoms with Crippen LogP contribution in [0.2, 0.25) is 0 Å². The van der Waals surface area contributed by atoms with E-state index in [1.54, 1.807) is 13.1 Å². The largest absolute Gasteiger partial charge is 0.334 e. The summed E-state index contributed by atoms with van der Waals surface area (Å²) < 4.78 is 26.6. The first-order valence-electron chi connectivity index (χ1n) is 7.39. The number of carbonyl (C=O) groups excluding carboxylic acids is 1. The van der Waals surface area contributed by atoms with Gasteiger partial charge in [0.25, 0.3) is 5.91 Å². The maximum atomic E-state index is 12.9. The number of aromatic nitrogens is 3. The summed E-state index contributed by atoms with van der Waals surface area (Å²) in [5.41, 5.74) is 1.94. The minimum atomic E-state index is -2.69. The Hall–Kier alpha value is -2.83. The highest BCUT2D eigenvalue weighted by Crippen LogP contribution is 2.21. The molecule has 2 heterocycles. The second-order valence-corrected chi connectivity index (χ2v) is 5.52. The van der Waals surface area contributed by atoms with Gasteiger partial charge in [0.15, 0.2) is 0 Å². The lowest BCUT2D eigenvalue weighted by molar-refractivity contribution is 0.0613. The normalized spacial score (nSPS) is 11.2. The fourth-order valence-corrected chi connectivity index (χ4v) is 2.62. The van der Waals surface area contributed by atoms with Crippen molar-refractivity contribution in [3.05, 3.63) is 59.8 Å². The third kappa shape index (κ3) is 2.97. The second-order valence-electron chi connectivity index (χ2n) is 5.52. The van der Waals surface area contributed by atoms with Crippen molar-refractivity contribution < 1.29 is 13.6 Å². The number of pyridine rings is 1. The number of carbonyl (C=O) groups is 1. The lowest BCUT2D eigenvalue weighted by Crippen LogP contribution is -2.28. The number of para-hydroxylation sites is 1. The zero-order chi connectivity index (χ0) is 17.3. The van der Waals surface area contributed by atoms with E-state index in [9.17, 15) is 13.6 Å². The Morgan fingerprint density at radius 2 is 2.08 bits per heavy atom. The Morgan fingerprint density at radius 3 is 2.83 bits per heavy atom. The number of alkyl halides is 2. The molecule has 0 aliphatic heterocycles. The average molecular weight is 330 g/mol. The fraction of sp³-hybridized carbons (Fsp3) is 0.235. The number of hydrogen-bond donors (Lipinski definition) is 0. The van der Waals surface area contributed by atoms with E-state index in [2.05, 4.69) is 9.97 Å². The van der Waals surface area contributed by atoms with Gasteiger partial charge < -0.3 is 4.90 Å². The first-order chi connectivity index (χ1) is 11.5. The third-order valence-corrected chi connectivity index (χ3v) is 3.76. The SMILES string of the molecule is Cc1cc(C(=O)N(C)Cc2nccn2C(F)F)c2ccccc2n1. The van der Waals surface area contributed by atoms with Crippen molar-refractivity contribution in [1.29, 1.82) is 0 Å². The number of rotatable bonds is 4. The summed E-state index contributed by atoms with van der Waals surface area (Å²) in [6.07, 6.45) is 2.50. The molecule has 0 saturated heterocycles. The monoisotopic (exact) mass is 330 g/mol. The molecule has 0 spiro atoms. The minimum absolute atomic E-state index is 0.00806. The van der Waals surface area contributed by atoms with Crippen LogP contribution in [0.4, 0.5) is 8.78 Å². The van der Waals surface area contributed by atoms with Crippen LogP contribution in [0.25, 0.3) is 10.9 Å². The highest BCUT2D eigenvalue weighted by molar-refractivity contribution is 6.06. The van der Waals surface area contributed by atoms with E-state index in [0.717, 1.165) is 21.2 Å². The molecule has 5 nitrogen and oxygen atoms in total. The van der Waals surface area contributed by atoms with Crippen LogP contribution in [-0.2, 0) is 6.54 Å². The van der Waals surface area contributed by atoms with Crippen molar-refractivity contribution in [2.75, 3.05) is 7.05 Å². The number of imidazole rings is 1. The van der Waals surface area contributed by atoms with Gasteiger partial charge in [0.05, 0.1) is 17.6 Å². The van der Waals surface area contributed by atoms with Gasteiger partial charge in [0, 0.05) is 30.5 Å². The predicted octanol–water partition coefficient (Wildman–Crippen LogP) is 3.41. The molecule has 1 aromatic carbocycles. The van der Waals surface area contributed by atoms with Crippen molar-refractivity contribution >= 4 is 16.8 Å². The quantitative estimate of drug-likeness (QED) is 0.737. The number of fused-ring (bicyclic) bond motifs is 1. The van der Waals surface area contributed by atoms with Gasteiger partial charge in [-0.15, -0.1) is 0 Å². The van der Waals surface area contributed by atoms with Crippen LogP contribution in [0.3, 0.4) is 0 Å². The summed E-state index contributed by atoms with van der Waals surface area (Å²) in [6.45, 7) is -0.881. The van der Waals surface area contributed by atoms with E-state index in [1.807, 2.05) is 31.2 Å². The number of benzene rings is 1. The smallest absolute Gasteiger partial charge is 0.319 e. The molecule has 0 aliphatic rings. The second kappa shape index (κ2) is 6.35. The number of amides is 1. The molecule has 24 heavy (non-hydrogen) atoms. The third-order valence-electron chi connectivity index (χ3n) is 3.76. The first-order valence-corrected chi connectivity index (χ1v) is 7.39. The van der Waals surface area contributed by atoms with Crippen LogP contribution in [0.1, 0.15) is 28.4 Å². The Balaban J connectivity index is 1.93. The fourth-order valence-electron chi connectivity index (χ4n) is 2.62. The van der Waals surface area contributed by atoms with E-state index in [0.29, 0.717) is 5.56 Å². The summed E-state index contributed by atoms with van der Waals surface area (Å²) in [7, 11) is 1.57. The average Bonchev–Trinajstić information content (AvgIpc) is 3.01. The van der Waals surface area contributed by atoms with Gasteiger partial charge in [-0.1, -0.05) is 18.2 Å². The molecular weight excluding hydrogens is 314 g/mol. The van der Waals surface area contributed by atoms with Crippen molar-refractivity contribution in [2.24, 2.45) is 0 Å². The van der Waals surface area contributed by atoms with Crippen LogP contribution in [0.15, 0.2) is 42.7 Å². The van der Waals surface area contributed by atoms with Gasteiger partial charge in [-0.05, 0) is 19.1 Å². The molecule has 1 amide bonds. The van der Waals surface area contributed by atoms with Crippen LogP contribution >= 0.6 is 0 Å². The molecule has 2 aromatic heterocycles. The van der Waals surface area contributed by atoms with Gasteiger partial charge in [-0.25, -0.2) is 4.98 Å². The summed E-state index contributed by atoms with van der Waals surface area (Å²) in [5.74, 6) is -0.128. The zero-order valence-corrected chi connectivity index (χ0v) is 13.3. The molecule has 7 heteroatoms. The number of halogens is 2. The minimum Gasteiger partial charge on any atom is -0.334 e. The molecular formula is C17H16F2N4O. The molecule has 0 atom stereocenters. The molecule has 3 aromatic rings.